The Balaban J connectivity index is 2.08. The summed E-state index contributed by atoms with van der Waals surface area (Å²) in [5.74, 6) is -0.246. The highest BCUT2D eigenvalue weighted by atomic mass is 16.2. The van der Waals surface area contributed by atoms with Gasteiger partial charge >= 0.3 is 0 Å². The Kier molecular flexibility index (Phi) is 3.72. The standard InChI is InChI=1S/C13H13N5O/c14-10-5-3-4-9(8-10)13(19)18-17-12(15)11-6-1-2-7-16-11/h1-8H,14H2,(H2,15,17)(H,18,19). The Bertz CT molecular complexity index is 609. The third-order valence-corrected chi connectivity index (χ3v) is 2.35. The summed E-state index contributed by atoms with van der Waals surface area (Å²) >= 11 is 0. The molecule has 0 spiro atoms. The minimum absolute atomic E-state index is 0.137. The molecule has 6 nitrogen and oxygen atoms in total. The van der Waals surface area contributed by atoms with Gasteiger partial charge in [-0.15, -0.1) is 0 Å². The molecule has 0 bridgehead atoms. The number of carbonyl (C=O) groups excluding carboxylic acids is 1. The van der Waals surface area contributed by atoms with Crippen LogP contribution in [0.4, 0.5) is 5.69 Å². The molecule has 2 aromatic rings. The highest BCUT2D eigenvalue weighted by Gasteiger charge is 2.05. The number of hydrazone groups is 1. The third-order valence-electron chi connectivity index (χ3n) is 2.35. The average molecular weight is 255 g/mol. The fraction of sp³-hybridized carbons (Fsp3) is 0. The quantitative estimate of drug-likeness (QED) is 0.325. The van der Waals surface area contributed by atoms with Crippen LogP contribution in [-0.2, 0) is 0 Å². The van der Waals surface area contributed by atoms with E-state index in [1.54, 1.807) is 48.7 Å². The van der Waals surface area contributed by atoms with Crippen molar-refractivity contribution in [2.24, 2.45) is 10.8 Å². The van der Waals surface area contributed by atoms with Gasteiger partial charge in [0.25, 0.3) is 5.91 Å². The van der Waals surface area contributed by atoms with Gasteiger partial charge in [0, 0.05) is 17.4 Å². The SMILES string of the molecule is N/C(=N\NC(=O)c1cccc(N)c1)c1ccccn1. The molecule has 0 aliphatic carbocycles. The number of nitrogens with zero attached hydrogens (tertiary/aromatic N) is 2. The van der Waals surface area contributed by atoms with Gasteiger partial charge in [-0.25, -0.2) is 5.43 Å². The molecule has 0 aliphatic heterocycles. The van der Waals surface area contributed by atoms with E-state index >= 15 is 0 Å². The molecule has 1 amide bonds. The van der Waals surface area contributed by atoms with Crippen LogP contribution in [0.15, 0.2) is 53.8 Å². The van der Waals surface area contributed by atoms with Gasteiger partial charge in [-0.1, -0.05) is 12.1 Å². The van der Waals surface area contributed by atoms with Crippen molar-refractivity contribution in [3.05, 3.63) is 59.9 Å². The molecule has 0 saturated carbocycles. The molecule has 0 unspecified atom stereocenters. The smallest absolute Gasteiger partial charge is 0.271 e. The van der Waals surface area contributed by atoms with Gasteiger partial charge < -0.3 is 11.5 Å². The summed E-state index contributed by atoms with van der Waals surface area (Å²) in [7, 11) is 0. The monoisotopic (exact) mass is 255 g/mol. The molecule has 6 heteroatoms. The summed E-state index contributed by atoms with van der Waals surface area (Å²) < 4.78 is 0. The zero-order valence-corrected chi connectivity index (χ0v) is 10.1. The van der Waals surface area contributed by atoms with Gasteiger partial charge in [0.15, 0.2) is 5.84 Å². The molecular formula is C13H13N5O. The summed E-state index contributed by atoms with van der Waals surface area (Å²) in [4.78, 5) is 15.8. The number of nitrogens with two attached hydrogens (primary N) is 2. The van der Waals surface area contributed by atoms with Crippen LogP contribution in [0.2, 0.25) is 0 Å². The molecule has 5 N–H and O–H groups in total. The first-order valence-corrected chi connectivity index (χ1v) is 5.57. The number of hydrogen-bond acceptors (Lipinski definition) is 4. The minimum atomic E-state index is -0.383. The van der Waals surface area contributed by atoms with Crippen LogP contribution < -0.4 is 16.9 Å². The zero-order chi connectivity index (χ0) is 13.7. The topological polar surface area (TPSA) is 106 Å². The van der Waals surface area contributed by atoms with Crippen molar-refractivity contribution in [3.8, 4) is 0 Å². The summed E-state index contributed by atoms with van der Waals surface area (Å²) in [6.07, 6.45) is 1.59. The highest BCUT2D eigenvalue weighted by Crippen LogP contribution is 2.06. The van der Waals surface area contributed by atoms with Gasteiger partial charge in [0.1, 0.15) is 5.69 Å². The predicted octanol–water partition coefficient (Wildman–Crippen LogP) is 0.714. The lowest BCUT2D eigenvalue weighted by molar-refractivity contribution is 0.0955. The normalized spacial score (nSPS) is 11.1. The molecule has 0 saturated heterocycles. The number of pyridine rings is 1. The van der Waals surface area contributed by atoms with Crippen LogP contribution >= 0.6 is 0 Å². The molecule has 1 aromatic heterocycles. The molecule has 19 heavy (non-hydrogen) atoms. The number of amides is 1. The van der Waals surface area contributed by atoms with Crippen LogP contribution in [0, 0.1) is 0 Å². The van der Waals surface area contributed by atoms with E-state index in [2.05, 4.69) is 15.5 Å². The van der Waals surface area contributed by atoms with E-state index in [0.29, 0.717) is 16.9 Å². The fourth-order valence-corrected chi connectivity index (χ4v) is 1.43. The van der Waals surface area contributed by atoms with Crippen molar-refractivity contribution in [2.45, 2.75) is 0 Å². The van der Waals surface area contributed by atoms with Crippen molar-refractivity contribution in [3.63, 3.8) is 0 Å². The van der Waals surface area contributed by atoms with Crippen molar-refractivity contribution in [2.75, 3.05) is 5.73 Å². The number of aromatic nitrogens is 1. The van der Waals surface area contributed by atoms with Gasteiger partial charge in [0.2, 0.25) is 0 Å². The molecule has 96 valence electrons. The summed E-state index contributed by atoms with van der Waals surface area (Å²) in [5.41, 5.74) is 15.1. The summed E-state index contributed by atoms with van der Waals surface area (Å²) in [5, 5.41) is 3.79. The Hall–Kier alpha value is -2.89. The second-order valence-corrected chi connectivity index (χ2v) is 3.78. The lowest BCUT2D eigenvalue weighted by Crippen LogP contribution is -2.24. The maximum Gasteiger partial charge on any atom is 0.271 e. The van der Waals surface area contributed by atoms with Crippen LogP contribution in [0.3, 0.4) is 0 Å². The van der Waals surface area contributed by atoms with Crippen molar-refractivity contribution < 1.29 is 4.79 Å². The van der Waals surface area contributed by atoms with E-state index in [-0.39, 0.29) is 11.7 Å². The van der Waals surface area contributed by atoms with E-state index in [4.69, 9.17) is 11.5 Å². The number of nitrogens with one attached hydrogen (secondary N) is 1. The van der Waals surface area contributed by atoms with Crippen LogP contribution in [0.25, 0.3) is 0 Å². The molecule has 1 aromatic carbocycles. The van der Waals surface area contributed by atoms with E-state index in [1.165, 1.54) is 0 Å². The number of hydrogen-bond donors (Lipinski definition) is 3. The first-order valence-electron chi connectivity index (χ1n) is 5.57. The van der Waals surface area contributed by atoms with Crippen molar-refractivity contribution in [1.82, 2.24) is 10.4 Å². The third kappa shape index (κ3) is 3.29. The van der Waals surface area contributed by atoms with Crippen molar-refractivity contribution >= 4 is 17.4 Å². The van der Waals surface area contributed by atoms with Gasteiger partial charge in [-0.05, 0) is 30.3 Å². The van der Waals surface area contributed by atoms with E-state index in [1.807, 2.05) is 0 Å². The van der Waals surface area contributed by atoms with E-state index in [0.717, 1.165) is 0 Å². The van der Waals surface area contributed by atoms with Crippen LogP contribution in [-0.4, -0.2) is 16.7 Å². The zero-order valence-electron chi connectivity index (χ0n) is 10.1. The number of rotatable bonds is 3. The average Bonchev–Trinajstić information content (AvgIpc) is 2.45. The molecule has 2 rings (SSSR count). The van der Waals surface area contributed by atoms with E-state index < -0.39 is 0 Å². The molecule has 0 atom stereocenters. The highest BCUT2D eigenvalue weighted by molar-refractivity contribution is 5.99. The van der Waals surface area contributed by atoms with Gasteiger partial charge in [0.05, 0.1) is 0 Å². The molecule has 0 fully saturated rings. The fourth-order valence-electron chi connectivity index (χ4n) is 1.43. The second-order valence-electron chi connectivity index (χ2n) is 3.78. The van der Waals surface area contributed by atoms with Gasteiger partial charge in [-0.3, -0.25) is 9.78 Å². The second kappa shape index (κ2) is 5.63. The number of anilines is 1. The largest absolute Gasteiger partial charge is 0.399 e. The lowest BCUT2D eigenvalue weighted by atomic mass is 10.2. The maximum atomic E-state index is 11.8. The first-order chi connectivity index (χ1) is 9.16. The van der Waals surface area contributed by atoms with Crippen LogP contribution in [0.1, 0.15) is 16.1 Å². The Morgan fingerprint density at radius 1 is 1.21 bits per heavy atom. The number of amidine groups is 1. The molecular weight excluding hydrogens is 242 g/mol. The van der Waals surface area contributed by atoms with Crippen LogP contribution in [0.5, 0.6) is 0 Å². The first kappa shape index (κ1) is 12.6. The maximum absolute atomic E-state index is 11.8. The van der Waals surface area contributed by atoms with E-state index in [9.17, 15) is 4.79 Å². The molecule has 0 radical (unpaired) electrons. The lowest BCUT2D eigenvalue weighted by Gasteiger charge is -2.02. The Morgan fingerprint density at radius 3 is 2.74 bits per heavy atom. The number of carbonyl (C=O) groups is 1. The number of benzene rings is 1. The van der Waals surface area contributed by atoms with Gasteiger partial charge in [-0.2, -0.15) is 5.10 Å². The minimum Gasteiger partial charge on any atom is -0.399 e. The Labute approximate surface area is 110 Å². The molecule has 1 heterocycles. The number of nitrogen functional groups attached to an aromatic ring is 1. The predicted molar refractivity (Wildman–Crippen MR) is 73.3 cm³/mol. The summed E-state index contributed by atoms with van der Waals surface area (Å²) in [6, 6.07) is 11.8. The summed E-state index contributed by atoms with van der Waals surface area (Å²) in [6.45, 7) is 0. The van der Waals surface area contributed by atoms with Crippen molar-refractivity contribution in [1.29, 1.82) is 0 Å². The molecule has 0 aliphatic rings. The Morgan fingerprint density at radius 2 is 2.05 bits per heavy atom.